The molecule has 0 fully saturated rings. The Labute approximate surface area is 125 Å². The van der Waals surface area contributed by atoms with Crippen molar-refractivity contribution in [3.63, 3.8) is 0 Å². The van der Waals surface area contributed by atoms with Crippen molar-refractivity contribution in [3.05, 3.63) is 41.7 Å². The number of benzene rings is 1. The van der Waals surface area contributed by atoms with Gasteiger partial charge in [0.1, 0.15) is 18.0 Å². The highest BCUT2D eigenvalue weighted by molar-refractivity contribution is 5.65. The van der Waals surface area contributed by atoms with E-state index in [4.69, 9.17) is 4.74 Å². The third-order valence-corrected chi connectivity index (χ3v) is 3.14. The normalized spacial score (nSPS) is 10.4. The molecule has 1 aromatic carbocycles. The molecule has 5 nitrogen and oxygen atoms in total. The smallest absolute Gasteiger partial charge is 0.139 e. The fraction of sp³-hybridized carbons (Fsp3) is 0.375. The van der Waals surface area contributed by atoms with Crippen LogP contribution in [0.2, 0.25) is 0 Å². The number of rotatable bonds is 7. The summed E-state index contributed by atoms with van der Waals surface area (Å²) in [5.41, 5.74) is 3.22. The van der Waals surface area contributed by atoms with E-state index in [-0.39, 0.29) is 0 Å². The maximum Gasteiger partial charge on any atom is 0.139 e. The van der Waals surface area contributed by atoms with Gasteiger partial charge in [-0.25, -0.2) is 9.97 Å². The number of nitrogens with one attached hydrogen (secondary N) is 2. The standard InChI is InChI=1S/C16H22N4O/c1-4-14-15(17-5-2)18-11-19-16(14)20-13-8-6-7-12(9-13)10-21-3/h6-9,11H,4-5,10H2,1-3H3,(H2,17,18,19,20). The first-order valence-corrected chi connectivity index (χ1v) is 7.21. The van der Waals surface area contributed by atoms with Crippen LogP contribution in [-0.2, 0) is 17.8 Å². The highest BCUT2D eigenvalue weighted by Gasteiger charge is 2.09. The third kappa shape index (κ3) is 3.92. The lowest BCUT2D eigenvalue weighted by Gasteiger charge is -2.14. The van der Waals surface area contributed by atoms with Crippen LogP contribution in [0, 0.1) is 0 Å². The molecule has 2 N–H and O–H groups in total. The fourth-order valence-corrected chi connectivity index (χ4v) is 2.22. The molecule has 0 unspecified atom stereocenters. The molecule has 5 heteroatoms. The molecule has 112 valence electrons. The Kier molecular flexibility index (Phi) is 5.51. The molecule has 0 atom stereocenters. The molecule has 21 heavy (non-hydrogen) atoms. The first-order chi connectivity index (χ1) is 10.3. The van der Waals surface area contributed by atoms with Gasteiger partial charge in [-0.05, 0) is 31.0 Å². The summed E-state index contributed by atoms with van der Waals surface area (Å²) >= 11 is 0. The summed E-state index contributed by atoms with van der Waals surface area (Å²) in [6, 6.07) is 8.14. The molecule has 2 rings (SSSR count). The second kappa shape index (κ2) is 7.59. The zero-order chi connectivity index (χ0) is 15.1. The molecule has 0 spiro atoms. The molecule has 0 amide bonds. The quantitative estimate of drug-likeness (QED) is 0.817. The van der Waals surface area contributed by atoms with Gasteiger partial charge in [-0.1, -0.05) is 19.1 Å². The highest BCUT2D eigenvalue weighted by Crippen LogP contribution is 2.24. The van der Waals surface area contributed by atoms with Crippen LogP contribution < -0.4 is 10.6 Å². The number of nitrogens with zero attached hydrogens (tertiary/aromatic N) is 2. The molecule has 0 bridgehead atoms. The van der Waals surface area contributed by atoms with E-state index in [1.54, 1.807) is 13.4 Å². The molecule has 0 saturated carbocycles. The molecule has 2 aromatic rings. The van der Waals surface area contributed by atoms with E-state index in [1.807, 2.05) is 18.2 Å². The van der Waals surface area contributed by atoms with Gasteiger partial charge in [0, 0.05) is 24.9 Å². The zero-order valence-electron chi connectivity index (χ0n) is 12.8. The van der Waals surface area contributed by atoms with Gasteiger partial charge in [0.05, 0.1) is 6.61 Å². The molecule has 0 aliphatic carbocycles. The summed E-state index contributed by atoms with van der Waals surface area (Å²) < 4.78 is 5.17. The van der Waals surface area contributed by atoms with E-state index in [9.17, 15) is 0 Å². The summed E-state index contributed by atoms with van der Waals surface area (Å²) in [5, 5.41) is 6.65. The minimum absolute atomic E-state index is 0.600. The van der Waals surface area contributed by atoms with E-state index in [1.165, 1.54) is 0 Å². The Balaban J connectivity index is 2.26. The van der Waals surface area contributed by atoms with Gasteiger partial charge in [-0.3, -0.25) is 0 Å². The van der Waals surface area contributed by atoms with Gasteiger partial charge in [-0.15, -0.1) is 0 Å². The van der Waals surface area contributed by atoms with Crippen molar-refractivity contribution in [2.45, 2.75) is 26.9 Å². The van der Waals surface area contributed by atoms with Gasteiger partial charge in [-0.2, -0.15) is 0 Å². The van der Waals surface area contributed by atoms with Gasteiger partial charge >= 0.3 is 0 Å². The lowest BCUT2D eigenvalue weighted by molar-refractivity contribution is 0.185. The lowest BCUT2D eigenvalue weighted by Crippen LogP contribution is -2.07. The number of anilines is 3. The predicted octanol–water partition coefficient (Wildman–Crippen LogP) is 3.36. The van der Waals surface area contributed by atoms with E-state index < -0.39 is 0 Å². The van der Waals surface area contributed by atoms with Gasteiger partial charge in [0.25, 0.3) is 0 Å². The number of hydrogen-bond acceptors (Lipinski definition) is 5. The van der Waals surface area contributed by atoms with Crippen molar-refractivity contribution in [1.29, 1.82) is 0 Å². The second-order valence-corrected chi connectivity index (χ2v) is 4.69. The van der Waals surface area contributed by atoms with Crippen LogP contribution in [0.1, 0.15) is 25.0 Å². The Morgan fingerprint density at radius 3 is 2.67 bits per heavy atom. The Bertz CT molecular complexity index is 586. The maximum atomic E-state index is 5.17. The summed E-state index contributed by atoms with van der Waals surface area (Å²) in [6.45, 7) is 5.60. The molecular formula is C16H22N4O. The van der Waals surface area contributed by atoms with E-state index >= 15 is 0 Å². The summed E-state index contributed by atoms with van der Waals surface area (Å²) in [6.07, 6.45) is 2.45. The first-order valence-electron chi connectivity index (χ1n) is 7.21. The third-order valence-electron chi connectivity index (χ3n) is 3.14. The number of ether oxygens (including phenoxy) is 1. The van der Waals surface area contributed by atoms with Gasteiger partial charge in [0.2, 0.25) is 0 Å². The van der Waals surface area contributed by atoms with Crippen molar-refractivity contribution in [3.8, 4) is 0 Å². The van der Waals surface area contributed by atoms with Crippen LogP contribution in [0.15, 0.2) is 30.6 Å². The van der Waals surface area contributed by atoms with Crippen molar-refractivity contribution in [2.75, 3.05) is 24.3 Å². The van der Waals surface area contributed by atoms with Crippen LogP contribution in [0.5, 0.6) is 0 Å². The van der Waals surface area contributed by atoms with Crippen molar-refractivity contribution < 1.29 is 4.74 Å². The van der Waals surface area contributed by atoms with Crippen molar-refractivity contribution in [2.24, 2.45) is 0 Å². The highest BCUT2D eigenvalue weighted by atomic mass is 16.5. The Morgan fingerprint density at radius 1 is 1.14 bits per heavy atom. The largest absolute Gasteiger partial charge is 0.380 e. The van der Waals surface area contributed by atoms with Crippen LogP contribution in [0.4, 0.5) is 17.3 Å². The molecule has 0 saturated heterocycles. The van der Waals surface area contributed by atoms with Crippen LogP contribution in [0.25, 0.3) is 0 Å². The summed E-state index contributed by atoms with van der Waals surface area (Å²) in [7, 11) is 1.70. The number of aromatic nitrogens is 2. The van der Waals surface area contributed by atoms with E-state index in [0.29, 0.717) is 6.61 Å². The zero-order valence-corrected chi connectivity index (χ0v) is 12.8. The number of hydrogen-bond donors (Lipinski definition) is 2. The predicted molar refractivity (Wildman–Crippen MR) is 86.0 cm³/mol. The average molecular weight is 286 g/mol. The minimum atomic E-state index is 0.600. The second-order valence-electron chi connectivity index (χ2n) is 4.69. The lowest BCUT2D eigenvalue weighted by atomic mass is 10.2. The van der Waals surface area contributed by atoms with Gasteiger partial charge < -0.3 is 15.4 Å². The number of methoxy groups -OCH3 is 1. The van der Waals surface area contributed by atoms with Crippen molar-refractivity contribution in [1.82, 2.24) is 9.97 Å². The average Bonchev–Trinajstić information content (AvgIpc) is 2.49. The summed E-state index contributed by atoms with van der Waals surface area (Å²) in [4.78, 5) is 8.68. The Morgan fingerprint density at radius 2 is 1.95 bits per heavy atom. The van der Waals surface area contributed by atoms with Crippen LogP contribution >= 0.6 is 0 Å². The molecule has 0 aliphatic rings. The molecule has 0 aliphatic heterocycles. The molecule has 1 aromatic heterocycles. The molecular weight excluding hydrogens is 264 g/mol. The first kappa shape index (κ1) is 15.3. The molecule has 0 radical (unpaired) electrons. The SMILES string of the molecule is CCNc1ncnc(Nc2cccc(COC)c2)c1CC. The van der Waals surface area contributed by atoms with Crippen molar-refractivity contribution >= 4 is 17.3 Å². The topological polar surface area (TPSA) is 59.1 Å². The van der Waals surface area contributed by atoms with E-state index in [2.05, 4.69) is 40.5 Å². The molecule has 1 heterocycles. The Hall–Kier alpha value is -2.14. The monoisotopic (exact) mass is 286 g/mol. The maximum absolute atomic E-state index is 5.17. The fourth-order valence-electron chi connectivity index (χ4n) is 2.22. The summed E-state index contributed by atoms with van der Waals surface area (Å²) in [5.74, 6) is 1.74. The van der Waals surface area contributed by atoms with Gasteiger partial charge in [0.15, 0.2) is 0 Å². The minimum Gasteiger partial charge on any atom is -0.380 e. The van der Waals surface area contributed by atoms with E-state index in [0.717, 1.165) is 41.4 Å². The van der Waals surface area contributed by atoms with Crippen LogP contribution in [0.3, 0.4) is 0 Å². The van der Waals surface area contributed by atoms with Crippen LogP contribution in [-0.4, -0.2) is 23.6 Å².